The predicted octanol–water partition coefficient (Wildman–Crippen LogP) is 4.07. The molecule has 3 rings (SSSR count). The van der Waals surface area contributed by atoms with Crippen molar-refractivity contribution in [3.05, 3.63) is 66.9 Å². The van der Waals surface area contributed by atoms with Crippen molar-refractivity contribution in [1.29, 1.82) is 0 Å². The largest absolute Gasteiger partial charge is 0.460 e. The van der Waals surface area contributed by atoms with Crippen LogP contribution in [0.2, 0.25) is 0 Å². The van der Waals surface area contributed by atoms with Crippen molar-refractivity contribution in [3.63, 3.8) is 0 Å². The lowest BCUT2D eigenvalue weighted by Crippen LogP contribution is -2.07. The van der Waals surface area contributed by atoms with Gasteiger partial charge < -0.3 is 14.5 Å². The SMILES string of the molecule is CCn1ncc(Br)c1C(=O)/C=C/c1ccc(Cn2cc(Br)c([N+](=O)[O-])n2)o1. The van der Waals surface area contributed by atoms with Gasteiger partial charge >= 0.3 is 5.82 Å². The van der Waals surface area contributed by atoms with E-state index in [9.17, 15) is 14.9 Å². The summed E-state index contributed by atoms with van der Waals surface area (Å²) in [7, 11) is 0. The van der Waals surface area contributed by atoms with E-state index in [1.807, 2.05) is 6.92 Å². The Balaban J connectivity index is 1.71. The Labute approximate surface area is 170 Å². The molecule has 11 heteroatoms. The lowest BCUT2D eigenvalue weighted by atomic mass is 10.2. The zero-order valence-electron chi connectivity index (χ0n) is 14.0. The second-order valence-corrected chi connectivity index (χ2v) is 7.12. The molecule has 0 aliphatic heterocycles. The highest BCUT2D eigenvalue weighted by atomic mass is 79.9. The topological polar surface area (TPSA) is 109 Å². The van der Waals surface area contributed by atoms with E-state index in [-0.39, 0.29) is 18.1 Å². The first-order valence-corrected chi connectivity index (χ1v) is 9.37. The number of carbonyl (C=O) groups excluding carboxylic acids is 1. The Kier molecular flexibility index (Phi) is 5.71. The number of hydrogen-bond donors (Lipinski definition) is 0. The van der Waals surface area contributed by atoms with Gasteiger partial charge in [-0.2, -0.15) is 9.78 Å². The molecule has 3 aromatic heterocycles. The summed E-state index contributed by atoms with van der Waals surface area (Å²) >= 11 is 6.42. The standard InChI is InChI=1S/C16H13Br2N5O4/c1-2-22-15(12(17)7-19-22)14(24)6-5-10-3-4-11(27-10)8-21-9-13(18)16(20-21)23(25)26/h3-7,9H,2,8H2,1H3/b6-5+. The predicted molar refractivity (Wildman–Crippen MR) is 103 cm³/mol. The minimum atomic E-state index is -0.568. The maximum Gasteiger partial charge on any atom is 0.404 e. The minimum absolute atomic E-state index is 0.203. The number of allylic oxidation sites excluding steroid dienone is 1. The molecule has 9 nitrogen and oxygen atoms in total. The van der Waals surface area contributed by atoms with E-state index >= 15 is 0 Å². The normalized spacial score (nSPS) is 11.4. The molecule has 0 radical (unpaired) electrons. The van der Waals surface area contributed by atoms with Crippen molar-refractivity contribution in [2.75, 3.05) is 0 Å². The van der Waals surface area contributed by atoms with E-state index in [0.717, 1.165) is 0 Å². The zero-order valence-corrected chi connectivity index (χ0v) is 17.2. The maximum atomic E-state index is 12.4. The molecule has 0 unspecified atom stereocenters. The smallest absolute Gasteiger partial charge is 0.404 e. The van der Waals surface area contributed by atoms with Gasteiger partial charge in [-0.1, -0.05) is 0 Å². The molecule has 0 N–H and O–H groups in total. The second kappa shape index (κ2) is 8.01. The van der Waals surface area contributed by atoms with Crippen LogP contribution >= 0.6 is 31.9 Å². The van der Waals surface area contributed by atoms with Gasteiger partial charge in [0, 0.05) is 6.54 Å². The number of halogens is 2. The summed E-state index contributed by atoms with van der Waals surface area (Å²) in [5, 5.41) is 18.8. The van der Waals surface area contributed by atoms with Crippen LogP contribution in [0.3, 0.4) is 0 Å². The first kappa shape index (κ1) is 19.2. The number of furan rings is 1. The molecule has 140 valence electrons. The van der Waals surface area contributed by atoms with Crippen LogP contribution in [-0.4, -0.2) is 30.3 Å². The Morgan fingerprint density at radius 1 is 1.37 bits per heavy atom. The highest BCUT2D eigenvalue weighted by Gasteiger charge is 2.19. The van der Waals surface area contributed by atoms with Gasteiger partial charge in [0.25, 0.3) is 0 Å². The van der Waals surface area contributed by atoms with Crippen LogP contribution in [0.4, 0.5) is 5.82 Å². The lowest BCUT2D eigenvalue weighted by Gasteiger charge is -2.00. The Bertz CT molecular complexity index is 1030. The number of carbonyl (C=O) groups is 1. The summed E-state index contributed by atoms with van der Waals surface area (Å²) in [6, 6.07) is 3.43. The van der Waals surface area contributed by atoms with Crippen molar-refractivity contribution in [2.24, 2.45) is 0 Å². The van der Waals surface area contributed by atoms with Crippen LogP contribution in [-0.2, 0) is 13.1 Å². The molecule has 3 heterocycles. The molecule has 0 aliphatic rings. The van der Waals surface area contributed by atoms with E-state index in [1.54, 1.807) is 29.1 Å². The first-order chi connectivity index (χ1) is 12.9. The fourth-order valence-electron chi connectivity index (χ4n) is 2.40. The molecule has 0 aliphatic carbocycles. The van der Waals surface area contributed by atoms with Crippen LogP contribution < -0.4 is 0 Å². The summed E-state index contributed by atoms with van der Waals surface area (Å²) in [5.41, 5.74) is 0.467. The average Bonchev–Trinajstić information content (AvgIpc) is 3.32. The van der Waals surface area contributed by atoms with Gasteiger partial charge in [-0.15, -0.1) is 0 Å². The molecule has 0 amide bonds. The fourth-order valence-corrected chi connectivity index (χ4v) is 3.36. The van der Waals surface area contributed by atoms with E-state index < -0.39 is 4.92 Å². The number of aromatic nitrogens is 4. The van der Waals surface area contributed by atoms with Gasteiger partial charge in [0.2, 0.25) is 5.78 Å². The highest BCUT2D eigenvalue weighted by Crippen LogP contribution is 2.23. The molecule has 3 aromatic rings. The molecule has 0 spiro atoms. The second-order valence-electron chi connectivity index (χ2n) is 5.41. The van der Waals surface area contributed by atoms with Gasteiger partial charge in [-0.3, -0.25) is 9.48 Å². The summed E-state index contributed by atoms with van der Waals surface area (Å²) < 4.78 is 9.56. The molecule has 0 fully saturated rings. The molecule has 0 saturated heterocycles. The summed E-state index contributed by atoms with van der Waals surface area (Å²) in [6.45, 7) is 2.70. The third-order valence-corrected chi connectivity index (χ3v) is 4.74. The van der Waals surface area contributed by atoms with Crippen molar-refractivity contribution in [2.45, 2.75) is 20.0 Å². The van der Waals surface area contributed by atoms with Crippen molar-refractivity contribution in [3.8, 4) is 0 Å². The molecule has 0 saturated carbocycles. The van der Waals surface area contributed by atoms with Crippen LogP contribution in [0.5, 0.6) is 0 Å². The average molecular weight is 499 g/mol. The molecular weight excluding hydrogens is 486 g/mol. The highest BCUT2D eigenvalue weighted by molar-refractivity contribution is 9.10. The molecule has 0 aromatic carbocycles. The Morgan fingerprint density at radius 2 is 2.15 bits per heavy atom. The van der Waals surface area contributed by atoms with Gasteiger partial charge in [0.05, 0.1) is 22.0 Å². The fraction of sp³-hybridized carbons (Fsp3) is 0.188. The van der Waals surface area contributed by atoms with Crippen LogP contribution in [0.1, 0.15) is 28.9 Å². The van der Waals surface area contributed by atoms with Crippen molar-refractivity contribution < 1.29 is 14.1 Å². The van der Waals surface area contributed by atoms with Gasteiger partial charge in [-0.05, 0) is 68.0 Å². The number of nitro groups is 1. The summed E-state index contributed by atoms with van der Waals surface area (Å²) in [6.07, 6.45) is 6.05. The van der Waals surface area contributed by atoms with Crippen molar-refractivity contribution in [1.82, 2.24) is 19.6 Å². The van der Waals surface area contributed by atoms with Gasteiger partial charge in [-0.25, -0.2) is 0 Å². The van der Waals surface area contributed by atoms with Crippen LogP contribution in [0.15, 0.2) is 44.0 Å². The third kappa shape index (κ3) is 4.25. The number of aryl methyl sites for hydroxylation is 1. The number of hydrogen-bond acceptors (Lipinski definition) is 6. The van der Waals surface area contributed by atoms with Crippen LogP contribution in [0.25, 0.3) is 6.08 Å². The van der Waals surface area contributed by atoms with E-state index in [2.05, 4.69) is 42.1 Å². The van der Waals surface area contributed by atoms with Gasteiger partial charge in [0.15, 0.2) is 0 Å². The van der Waals surface area contributed by atoms with Crippen LogP contribution in [0, 0.1) is 10.1 Å². The molecular formula is C16H13Br2N5O4. The molecule has 0 atom stereocenters. The number of nitrogens with zero attached hydrogens (tertiary/aromatic N) is 5. The third-order valence-electron chi connectivity index (χ3n) is 3.60. The minimum Gasteiger partial charge on any atom is -0.460 e. The van der Waals surface area contributed by atoms with E-state index in [4.69, 9.17) is 4.42 Å². The molecule has 27 heavy (non-hydrogen) atoms. The maximum absolute atomic E-state index is 12.4. The van der Waals surface area contributed by atoms with Gasteiger partial charge in [0.1, 0.15) is 28.2 Å². The van der Waals surface area contributed by atoms with E-state index in [0.29, 0.717) is 32.7 Å². The zero-order chi connectivity index (χ0) is 19.6. The Hall–Kier alpha value is -2.53. The summed E-state index contributed by atoms with van der Waals surface area (Å²) in [4.78, 5) is 22.6. The van der Waals surface area contributed by atoms with E-state index in [1.165, 1.54) is 17.0 Å². The lowest BCUT2D eigenvalue weighted by molar-refractivity contribution is -0.390. The number of rotatable bonds is 7. The summed E-state index contributed by atoms with van der Waals surface area (Å²) in [5.74, 6) is 0.570. The Morgan fingerprint density at radius 3 is 2.81 bits per heavy atom. The molecule has 0 bridgehead atoms. The quantitative estimate of drug-likeness (QED) is 0.210. The van der Waals surface area contributed by atoms with Crippen molar-refractivity contribution >= 4 is 49.5 Å². The monoisotopic (exact) mass is 497 g/mol. The number of ketones is 1. The first-order valence-electron chi connectivity index (χ1n) is 7.78.